The summed E-state index contributed by atoms with van der Waals surface area (Å²) in [6.45, 7) is 9.11. The topological polar surface area (TPSA) is 23.6 Å². The fourth-order valence-corrected chi connectivity index (χ4v) is 2.34. The van der Waals surface area contributed by atoms with Gasteiger partial charge in [-0.05, 0) is 47.5 Å². The molecule has 1 rings (SSSR count). The van der Waals surface area contributed by atoms with Crippen molar-refractivity contribution in [3.8, 4) is 0 Å². The molecule has 3 heteroatoms. The molecule has 0 fully saturated rings. The van der Waals surface area contributed by atoms with Gasteiger partial charge >= 0.3 is 0 Å². The summed E-state index contributed by atoms with van der Waals surface area (Å²) in [6.07, 6.45) is 1.09. The Morgan fingerprint density at radius 3 is 2.25 bits per heavy atom. The number of likely N-dealkylation sites (N-methyl/N-ethyl adjacent to an activating group) is 1. The number of ketones is 1. The predicted octanol–water partition coefficient (Wildman–Crippen LogP) is 2.84. The monoisotopic (exact) mass is 276 g/mol. The van der Waals surface area contributed by atoms with Gasteiger partial charge in [0, 0.05) is 12.1 Å². The van der Waals surface area contributed by atoms with Crippen LogP contribution < -0.4 is 0 Å². The first-order valence-electron chi connectivity index (χ1n) is 7.45. The number of benzene rings is 1. The predicted molar refractivity (Wildman–Crippen MR) is 85.4 cm³/mol. The smallest absolute Gasteiger partial charge is 0.179 e. The number of carbonyl (C=O) groups excluding carboxylic acids is 1. The van der Waals surface area contributed by atoms with E-state index in [0.29, 0.717) is 0 Å². The largest absolute Gasteiger partial charge is 0.309 e. The molecule has 0 N–H and O–H groups in total. The Morgan fingerprint density at radius 2 is 1.75 bits per heavy atom. The van der Waals surface area contributed by atoms with Gasteiger partial charge in [0.2, 0.25) is 0 Å². The first kappa shape index (κ1) is 16.9. The van der Waals surface area contributed by atoms with Crippen LogP contribution in [-0.4, -0.2) is 55.4 Å². The van der Waals surface area contributed by atoms with Crippen LogP contribution in [0.4, 0.5) is 0 Å². The Hall–Kier alpha value is -1.19. The number of hydrogen-bond donors (Lipinski definition) is 0. The Kier molecular flexibility index (Phi) is 6.89. The van der Waals surface area contributed by atoms with Gasteiger partial charge in [-0.3, -0.25) is 9.69 Å². The van der Waals surface area contributed by atoms with Crippen molar-refractivity contribution in [1.82, 2.24) is 9.80 Å². The fourth-order valence-electron chi connectivity index (χ4n) is 2.34. The summed E-state index contributed by atoms with van der Waals surface area (Å²) in [5, 5.41) is 0. The van der Waals surface area contributed by atoms with Gasteiger partial charge in [-0.1, -0.05) is 36.8 Å². The number of nitrogens with zero attached hydrogens (tertiary/aromatic N) is 2. The molecule has 0 bridgehead atoms. The van der Waals surface area contributed by atoms with E-state index in [-0.39, 0.29) is 11.8 Å². The van der Waals surface area contributed by atoms with E-state index in [2.05, 4.69) is 30.8 Å². The second-order valence-electron chi connectivity index (χ2n) is 5.69. The third-order valence-electron chi connectivity index (χ3n) is 3.72. The minimum Gasteiger partial charge on any atom is -0.309 e. The van der Waals surface area contributed by atoms with Gasteiger partial charge in [-0.15, -0.1) is 0 Å². The molecule has 1 aromatic rings. The molecule has 0 saturated carbocycles. The van der Waals surface area contributed by atoms with Crippen molar-refractivity contribution in [2.24, 2.45) is 0 Å². The summed E-state index contributed by atoms with van der Waals surface area (Å²) in [5.74, 6) is 0.219. The fraction of sp³-hybridized carbons (Fsp3) is 0.588. The van der Waals surface area contributed by atoms with Gasteiger partial charge in [-0.25, -0.2) is 0 Å². The van der Waals surface area contributed by atoms with Gasteiger partial charge in [0.15, 0.2) is 5.78 Å². The Balaban J connectivity index is 2.62. The minimum atomic E-state index is -0.0510. The molecule has 1 atom stereocenters. The van der Waals surface area contributed by atoms with Gasteiger partial charge in [-0.2, -0.15) is 0 Å². The maximum absolute atomic E-state index is 12.5. The number of rotatable bonds is 8. The maximum Gasteiger partial charge on any atom is 0.179 e. The lowest BCUT2D eigenvalue weighted by molar-refractivity contribution is 0.0840. The molecule has 0 heterocycles. The highest BCUT2D eigenvalue weighted by Crippen LogP contribution is 2.11. The molecular formula is C17H28N2O. The van der Waals surface area contributed by atoms with Crippen molar-refractivity contribution in [3.05, 3.63) is 35.4 Å². The zero-order chi connectivity index (χ0) is 15.1. The van der Waals surface area contributed by atoms with E-state index in [0.717, 1.165) is 31.6 Å². The van der Waals surface area contributed by atoms with E-state index in [1.165, 1.54) is 5.56 Å². The zero-order valence-electron chi connectivity index (χ0n) is 13.5. The highest BCUT2D eigenvalue weighted by atomic mass is 16.1. The third kappa shape index (κ3) is 5.06. The summed E-state index contributed by atoms with van der Waals surface area (Å²) in [6, 6.07) is 7.82. The van der Waals surface area contributed by atoms with Crippen LogP contribution in [0.3, 0.4) is 0 Å². The summed E-state index contributed by atoms with van der Waals surface area (Å²) >= 11 is 0. The number of Topliss-reactive ketones (excluding diaryl/α,β-unsaturated/α-hetero) is 1. The van der Waals surface area contributed by atoms with Gasteiger partial charge in [0.05, 0.1) is 6.04 Å². The molecule has 0 spiro atoms. The number of carbonyl (C=O) groups is 1. The highest BCUT2D eigenvalue weighted by Gasteiger charge is 2.20. The molecule has 3 nitrogen and oxygen atoms in total. The quantitative estimate of drug-likeness (QED) is 0.682. The molecule has 0 aliphatic heterocycles. The summed E-state index contributed by atoms with van der Waals surface area (Å²) in [5.41, 5.74) is 2.00. The van der Waals surface area contributed by atoms with Crippen LogP contribution in [0, 0.1) is 6.92 Å². The van der Waals surface area contributed by atoms with E-state index in [9.17, 15) is 4.79 Å². The maximum atomic E-state index is 12.5. The summed E-state index contributed by atoms with van der Waals surface area (Å²) in [4.78, 5) is 16.9. The summed E-state index contributed by atoms with van der Waals surface area (Å²) in [7, 11) is 4.16. The minimum absolute atomic E-state index is 0.0510. The Bertz CT molecular complexity index is 412. The van der Waals surface area contributed by atoms with Crippen LogP contribution in [0.2, 0.25) is 0 Å². The Morgan fingerprint density at radius 1 is 1.15 bits per heavy atom. The molecule has 0 aromatic heterocycles. The van der Waals surface area contributed by atoms with Gasteiger partial charge in [0.25, 0.3) is 0 Å². The van der Waals surface area contributed by atoms with Crippen LogP contribution in [0.25, 0.3) is 0 Å². The second kappa shape index (κ2) is 8.18. The number of hydrogen-bond acceptors (Lipinski definition) is 3. The van der Waals surface area contributed by atoms with Crippen LogP contribution in [0.1, 0.15) is 36.2 Å². The first-order valence-corrected chi connectivity index (χ1v) is 7.45. The SMILES string of the molecule is CCN(CCCN(C)C)C(C)C(=O)c1ccc(C)cc1. The standard InChI is InChI=1S/C17H28N2O/c1-6-19(13-7-12-18(4)5)15(3)17(20)16-10-8-14(2)9-11-16/h8-11,15H,6-7,12-13H2,1-5H3. The number of aryl methyl sites for hydroxylation is 1. The average molecular weight is 276 g/mol. The van der Waals surface area contributed by atoms with E-state index in [1.807, 2.05) is 38.1 Å². The molecule has 1 unspecified atom stereocenters. The van der Waals surface area contributed by atoms with E-state index in [1.54, 1.807) is 0 Å². The van der Waals surface area contributed by atoms with Crippen molar-refractivity contribution >= 4 is 5.78 Å². The Labute approximate surface area is 123 Å². The molecule has 0 radical (unpaired) electrons. The van der Waals surface area contributed by atoms with Crippen molar-refractivity contribution < 1.29 is 4.79 Å². The van der Waals surface area contributed by atoms with E-state index >= 15 is 0 Å². The molecule has 0 aliphatic carbocycles. The van der Waals surface area contributed by atoms with Crippen LogP contribution >= 0.6 is 0 Å². The first-order chi connectivity index (χ1) is 9.45. The van der Waals surface area contributed by atoms with Gasteiger partial charge in [0.1, 0.15) is 0 Å². The average Bonchev–Trinajstić information content (AvgIpc) is 2.42. The van der Waals surface area contributed by atoms with Crippen molar-refractivity contribution in [2.45, 2.75) is 33.2 Å². The summed E-state index contributed by atoms with van der Waals surface area (Å²) < 4.78 is 0. The lowest BCUT2D eigenvalue weighted by atomic mass is 10.0. The van der Waals surface area contributed by atoms with E-state index in [4.69, 9.17) is 0 Å². The normalized spacial score (nSPS) is 12.9. The lowest BCUT2D eigenvalue weighted by Gasteiger charge is -2.27. The third-order valence-corrected chi connectivity index (χ3v) is 3.72. The van der Waals surface area contributed by atoms with Gasteiger partial charge < -0.3 is 4.90 Å². The van der Waals surface area contributed by atoms with Crippen LogP contribution in [-0.2, 0) is 0 Å². The van der Waals surface area contributed by atoms with Crippen molar-refractivity contribution in [2.75, 3.05) is 33.7 Å². The lowest BCUT2D eigenvalue weighted by Crippen LogP contribution is -2.40. The van der Waals surface area contributed by atoms with Crippen LogP contribution in [0.5, 0.6) is 0 Å². The molecular weight excluding hydrogens is 248 g/mol. The molecule has 20 heavy (non-hydrogen) atoms. The highest BCUT2D eigenvalue weighted by molar-refractivity contribution is 5.99. The molecule has 112 valence electrons. The molecule has 0 aliphatic rings. The molecule has 1 aromatic carbocycles. The van der Waals surface area contributed by atoms with Crippen LogP contribution in [0.15, 0.2) is 24.3 Å². The second-order valence-corrected chi connectivity index (χ2v) is 5.69. The van der Waals surface area contributed by atoms with Crippen molar-refractivity contribution in [1.29, 1.82) is 0 Å². The van der Waals surface area contributed by atoms with Crippen molar-refractivity contribution in [3.63, 3.8) is 0 Å². The van der Waals surface area contributed by atoms with E-state index < -0.39 is 0 Å². The zero-order valence-corrected chi connectivity index (χ0v) is 13.5. The molecule has 0 saturated heterocycles. The molecule has 0 amide bonds.